The van der Waals surface area contributed by atoms with Gasteiger partial charge in [-0.3, -0.25) is 4.18 Å². The van der Waals surface area contributed by atoms with Crippen LogP contribution in [0, 0.1) is 0 Å². The van der Waals surface area contributed by atoms with Crippen molar-refractivity contribution in [2.75, 3.05) is 20.3 Å². The van der Waals surface area contributed by atoms with Crippen molar-refractivity contribution >= 4 is 22.3 Å². The maximum Gasteiger partial charge on any atom is 0.366 e. The molecule has 1 atom stereocenters. The summed E-state index contributed by atoms with van der Waals surface area (Å²) in [5.41, 5.74) is -1.50. The van der Waals surface area contributed by atoms with E-state index >= 15 is 0 Å². The fourth-order valence-corrected chi connectivity index (χ4v) is 3.02. The fraction of sp³-hybridized carbons (Fsp3) is 0.762. The molecule has 1 unspecified atom stereocenters. The molecule has 10 nitrogen and oxygen atoms in total. The SMILES string of the molecule is CCCCCCCCOS(=O)(=O)[O-].CCCCOC(=O)C(C)(C(=O)OC)n1cc[n+](C)c1. The van der Waals surface area contributed by atoms with Crippen LogP contribution in [0.3, 0.4) is 0 Å². The van der Waals surface area contributed by atoms with Crippen molar-refractivity contribution < 1.29 is 40.8 Å². The molecule has 0 radical (unpaired) electrons. The highest BCUT2D eigenvalue weighted by Crippen LogP contribution is 2.19. The third-order valence-electron chi connectivity index (χ3n) is 4.72. The van der Waals surface area contributed by atoms with E-state index < -0.39 is 27.9 Å². The van der Waals surface area contributed by atoms with E-state index in [1.807, 2.05) is 6.92 Å². The van der Waals surface area contributed by atoms with E-state index in [9.17, 15) is 22.6 Å². The third-order valence-corrected chi connectivity index (χ3v) is 5.18. The standard InChI is InChI=1S/C13H21N2O4.C8H18O4S/c1-5-6-9-19-12(17)13(2,11(16)18-4)15-8-7-14(3)10-15;1-2-3-4-5-6-7-8-12-13(9,10)11/h7-8,10H,5-6,9H2,1-4H3;2-8H2,1H3,(H,9,10,11)/q+1;/p-1. The summed E-state index contributed by atoms with van der Waals surface area (Å²) in [5, 5.41) is 0. The van der Waals surface area contributed by atoms with Crippen molar-refractivity contribution in [3.05, 3.63) is 18.7 Å². The third kappa shape index (κ3) is 11.6. The number of methoxy groups -OCH3 is 1. The van der Waals surface area contributed by atoms with Gasteiger partial charge in [0, 0.05) is 6.92 Å². The van der Waals surface area contributed by atoms with Gasteiger partial charge < -0.3 is 14.0 Å². The Labute approximate surface area is 191 Å². The minimum absolute atomic E-state index is 0.0258. The smallest absolute Gasteiger partial charge is 0.366 e. The number of ether oxygens (including phenoxy) is 2. The van der Waals surface area contributed by atoms with Gasteiger partial charge in [-0.15, -0.1) is 0 Å². The van der Waals surface area contributed by atoms with Gasteiger partial charge in [-0.05, 0) is 12.8 Å². The Balaban J connectivity index is 0.000000649. The van der Waals surface area contributed by atoms with Crippen molar-refractivity contribution in [2.45, 2.75) is 77.7 Å². The molecule has 0 aliphatic carbocycles. The van der Waals surface area contributed by atoms with Gasteiger partial charge in [0.15, 0.2) is 0 Å². The summed E-state index contributed by atoms with van der Waals surface area (Å²) < 4.78 is 47.1. The summed E-state index contributed by atoms with van der Waals surface area (Å²) in [6.07, 6.45) is 12.9. The molecule has 0 aliphatic heterocycles. The van der Waals surface area contributed by atoms with Crippen LogP contribution in [-0.4, -0.2) is 49.8 Å². The van der Waals surface area contributed by atoms with Crippen LogP contribution in [0.1, 0.15) is 72.1 Å². The van der Waals surface area contributed by atoms with Gasteiger partial charge in [0.25, 0.3) is 0 Å². The van der Waals surface area contributed by atoms with Gasteiger partial charge in [0.1, 0.15) is 12.4 Å². The molecule has 0 saturated carbocycles. The van der Waals surface area contributed by atoms with Gasteiger partial charge in [-0.25, -0.2) is 27.1 Å². The lowest BCUT2D eigenvalue weighted by atomic mass is 10.0. The maximum absolute atomic E-state index is 12.2. The number of imidazole rings is 1. The second kappa shape index (κ2) is 15.8. The van der Waals surface area contributed by atoms with Gasteiger partial charge in [-0.1, -0.05) is 52.4 Å². The summed E-state index contributed by atoms with van der Waals surface area (Å²) in [4.78, 5) is 24.2. The zero-order chi connectivity index (χ0) is 24.6. The Hall–Kier alpha value is -1.98. The molecule has 0 amide bonds. The van der Waals surface area contributed by atoms with E-state index in [0.717, 1.165) is 25.7 Å². The number of rotatable bonds is 14. The molecule has 11 heteroatoms. The Morgan fingerprint density at radius 2 is 1.59 bits per heavy atom. The van der Waals surface area contributed by atoms with Gasteiger partial charge in [-0.2, -0.15) is 0 Å². The lowest BCUT2D eigenvalue weighted by Gasteiger charge is -2.21. The highest BCUT2D eigenvalue weighted by molar-refractivity contribution is 7.80. The number of hydrogen-bond acceptors (Lipinski definition) is 8. The van der Waals surface area contributed by atoms with Crippen molar-refractivity contribution in [2.24, 2.45) is 7.05 Å². The summed E-state index contributed by atoms with van der Waals surface area (Å²) in [6, 6.07) is 0. The number of aryl methyl sites for hydroxylation is 1. The summed E-state index contributed by atoms with van der Waals surface area (Å²) >= 11 is 0. The first kappa shape index (κ1) is 30.0. The summed E-state index contributed by atoms with van der Waals surface area (Å²) in [6.45, 7) is 5.95. The van der Waals surface area contributed by atoms with Crippen LogP contribution >= 0.6 is 0 Å². The van der Waals surface area contributed by atoms with Crippen LogP contribution in [0.5, 0.6) is 0 Å². The van der Waals surface area contributed by atoms with Gasteiger partial charge in [0.05, 0.1) is 27.4 Å². The monoisotopic (exact) mass is 478 g/mol. The number of esters is 2. The van der Waals surface area contributed by atoms with Crippen LogP contribution in [0.15, 0.2) is 18.7 Å². The first-order valence-corrected chi connectivity index (χ1v) is 12.3. The van der Waals surface area contributed by atoms with Crippen LogP contribution in [0.4, 0.5) is 0 Å². The topological polar surface area (TPSA) is 128 Å². The highest BCUT2D eigenvalue weighted by atomic mass is 32.3. The highest BCUT2D eigenvalue weighted by Gasteiger charge is 2.50. The first-order valence-electron chi connectivity index (χ1n) is 10.9. The Bertz CT molecular complexity index is 779. The van der Waals surface area contributed by atoms with E-state index in [-0.39, 0.29) is 6.61 Å². The van der Waals surface area contributed by atoms with E-state index in [1.54, 1.807) is 30.3 Å². The zero-order valence-electron chi connectivity index (χ0n) is 19.9. The van der Waals surface area contributed by atoms with Crippen molar-refractivity contribution in [1.29, 1.82) is 0 Å². The molecule has 1 rings (SSSR count). The largest absolute Gasteiger partial charge is 0.726 e. The number of carbonyl (C=O) groups excluding carboxylic acids is 2. The Morgan fingerprint density at radius 3 is 2.09 bits per heavy atom. The molecule has 0 N–H and O–H groups in total. The van der Waals surface area contributed by atoms with Crippen molar-refractivity contribution in [3.8, 4) is 0 Å². The molecular weight excluding hydrogens is 440 g/mol. The molecule has 0 saturated heterocycles. The molecular formula is C21H38N2O8S. The van der Waals surface area contributed by atoms with E-state index in [0.29, 0.717) is 13.0 Å². The van der Waals surface area contributed by atoms with Crippen LogP contribution in [0.25, 0.3) is 0 Å². The lowest BCUT2D eigenvalue weighted by molar-refractivity contribution is -0.671. The van der Waals surface area contributed by atoms with Crippen molar-refractivity contribution in [3.63, 3.8) is 0 Å². The molecule has 0 fully saturated rings. The molecule has 0 aromatic carbocycles. The average molecular weight is 479 g/mol. The van der Waals surface area contributed by atoms with Crippen LogP contribution < -0.4 is 4.57 Å². The fourth-order valence-electron chi connectivity index (χ4n) is 2.70. The van der Waals surface area contributed by atoms with Gasteiger partial charge >= 0.3 is 17.5 Å². The van der Waals surface area contributed by atoms with Crippen LogP contribution in [-0.2, 0) is 46.2 Å². The minimum atomic E-state index is -4.47. The number of aromatic nitrogens is 2. The predicted molar refractivity (Wildman–Crippen MR) is 116 cm³/mol. The number of carbonyl (C=O) groups is 2. The average Bonchev–Trinajstić information content (AvgIpc) is 3.18. The molecule has 32 heavy (non-hydrogen) atoms. The predicted octanol–water partition coefficient (Wildman–Crippen LogP) is 2.37. The summed E-state index contributed by atoms with van der Waals surface area (Å²) in [7, 11) is -1.42. The second-order valence-corrected chi connectivity index (χ2v) is 8.59. The molecule has 0 spiro atoms. The molecule has 0 bridgehead atoms. The number of nitrogens with zero attached hydrogens (tertiary/aromatic N) is 2. The first-order chi connectivity index (χ1) is 15.0. The summed E-state index contributed by atoms with van der Waals surface area (Å²) in [5.74, 6) is -1.26. The van der Waals surface area contributed by atoms with Crippen molar-refractivity contribution in [1.82, 2.24) is 4.57 Å². The Kier molecular flexibility index (Phi) is 14.8. The molecule has 1 heterocycles. The quantitative estimate of drug-likeness (QED) is 0.0995. The number of hydrogen-bond donors (Lipinski definition) is 0. The van der Waals surface area contributed by atoms with E-state index in [2.05, 4.69) is 11.1 Å². The molecule has 0 aliphatic rings. The normalized spacial score (nSPS) is 12.9. The second-order valence-electron chi connectivity index (χ2n) is 7.54. The molecule has 1 aromatic rings. The Morgan fingerprint density at radius 1 is 1.00 bits per heavy atom. The maximum atomic E-state index is 12.2. The van der Waals surface area contributed by atoms with E-state index in [1.165, 1.54) is 37.9 Å². The lowest BCUT2D eigenvalue weighted by Crippen LogP contribution is -2.48. The zero-order valence-corrected chi connectivity index (χ0v) is 20.7. The number of unbranched alkanes of at least 4 members (excludes halogenated alkanes) is 6. The van der Waals surface area contributed by atoms with Crippen LogP contribution in [0.2, 0.25) is 0 Å². The minimum Gasteiger partial charge on any atom is -0.726 e. The molecule has 1 aromatic heterocycles. The van der Waals surface area contributed by atoms with E-state index in [4.69, 9.17) is 9.47 Å². The van der Waals surface area contributed by atoms with Gasteiger partial charge in [0.2, 0.25) is 16.7 Å². The molecule has 186 valence electrons.